The molecule has 0 bridgehead atoms. The molecule has 4 heteroatoms. The molecule has 1 aromatic carbocycles. The molecule has 0 fully saturated rings. The molecular weight excluding hydrogens is 244 g/mol. The summed E-state index contributed by atoms with van der Waals surface area (Å²) in [5.41, 5.74) is 0. The monoisotopic (exact) mass is 264 g/mol. The predicted molar refractivity (Wildman–Crippen MR) is 71.8 cm³/mol. The second-order valence-corrected chi connectivity index (χ2v) is 4.28. The van der Waals surface area contributed by atoms with E-state index in [1.807, 2.05) is 18.2 Å². The number of rotatable bonds is 8. The first-order chi connectivity index (χ1) is 9.22. The molecule has 1 aromatic rings. The van der Waals surface area contributed by atoms with Gasteiger partial charge >= 0.3 is 11.9 Å². The summed E-state index contributed by atoms with van der Waals surface area (Å²) in [5.74, 6) is 0.195. The van der Waals surface area contributed by atoms with Gasteiger partial charge < -0.3 is 9.47 Å². The number of hydrogen-bond acceptors (Lipinski definition) is 4. The molecule has 0 N–H and O–H groups in total. The minimum absolute atomic E-state index is 0.177. The van der Waals surface area contributed by atoms with Gasteiger partial charge in [0.1, 0.15) is 5.75 Å². The van der Waals surface area contributed by atoms with Crippen LogP contribution in [0.5, 0.6) is 5.75 Å². The largest absolute Gasteiger partial charge is 0.469 e. The third-order valence-corrected chi connectivity index (χ3v) is 2.71. The molecular formula is C15H20O4. The van der Waals surface area contributed by atoms with Crippen molar-refractivity contribution in [1.82, 2.24) is 0 Å². The van der Waals surface area contributed by atoms with Crippen molar-refractivity contribution in [3.05, 3.63) is 30.3 Å². The third-order valence-electron chi connectivity index (χ3n) is 2.71. The maximum absolute atomic E-state index is 11.5. The van der Waals surface area contributed by atoms with Crippen molar-refractivity contribution in [2.75, 3.05) is 7.11 Å². The van der Waals surface area contributed by atoms with Crippen LogP contribution in [0, 0.1) is 0 Å². The van der Waals surface area contributed by atoms with Crippen LogP contribution in [0.2, 0.25) is 0 Å². The summed E-state index contributed by atoms with van der Waals surface area (Å²) in [6.07, 6.45) is 4.29. The number of unbranched alkanes of at least 4 members (excludes halogenated alkanes) is 3. The van der Waals surface area contributed by atoms with E-state index in [-0.39, 0.29) is 11.9 Å². The molecule has 19 heavy (non-hydrogen) atoms. The van der Waals surface area contributed by atoms with Crippen molar-refractivity contribution >= 4 is 11.9 Å². The average Bonchev–Trinajstić information content (AvgIpc) is 2.43. The van der Waals surface area contributed by atoms with Gasteiger partial charge in [0, 0.05) is 12.8 Å². The number of carbonyl (C=O) groups excluding carboxylic acids is 2. The Morgan fingerprint density at radius 3 is 2.05 bits per heavy atom. The van der Waals surface area contributed by atoms with Gasteiger partial charge in [0.25, 0.3) is 0 Å². The molecule has 0 unspecified atom stereocenters. The van der Waals surface area contributed by atoms with Crippen LogP contribution in [-0.2, 0) is 14.3 Å². The Bertz CT molecular complexity index is 386. The van der Waals surface area contributed by atoms with E-state index in [1.54, 1.807) is 12.1 Å². The first kappa shape index (κ1) is 15.2. The molecule has 1 rings (SSSR count). The zero-order chi connectivity index (χ0) is 13.9. The lowest BCUT2D eigenvalue weighted by atomic mass is 10.1. The molecule has 0 aliphatic carbocycles. The Morgan fingerprint density at radius 2 is 1.47 bits per heavy atom. The molecule has 0 amide bonds. The van der Waals surface area contributed by atoms with Crippen LogP contribution in [0.3, 0.4) is 0 Å². The van der Waals surface area contributed by atoms with E-state index < -0.39 is 0 Å². The molecule has 0 aliphatic heterocycles. The maximum atomic E-state index is 11.5. The second-order valence-electron chi connectivity index (χ2n) is 4.28. The van der Waals surface area contributed by atoms with Crippen molar-refractivity contribution in [2.45, 2.75) is 38.5 Å². The predicted octanol–water partition coefficient (Wildman–Crippen LogP) is 3.11. The minimum Gasteiger partial charge on any atom is -0.469 e. The lowest BCUT2D eigenvalue weighted by Gasteiger charge is -2.04. The zero-order valence-corrected chi connectivity index (χ0v) is 11.3. The molecule has 0 spiro atoms. The first-order valence-electron chi connectivity index (χ1n) is 6.55. The van der Waals surface area contributed by atoms with Gasteiger partial charge in [0.15, 0.2) is 0 Å². The van der Waals surface area contributed by atoms with Gasteiger partial charge in [-0.2, -0.15) is 0 Å². The minimum atomic E-state index is -0.209. The smallest absolute Gasteiger partial charge is 0.311 e. The highest BCUT2D eigenvalue weighted by molar-refractivity contribution is 5.72. The van der Waals surface area contributed by atoms with Crippen molar-refractivity contribution in [1.29, 1.82) is 0 Å². The summed E-state index contributed by atoms with van der Waals surface area (Å²) in [4.78, 5) is 22.4. The summed E-state index contributed by atoms with van der Waals surface area (Å²) in [7, 11) is 1.39. The number of ether oxygens (including phenoxy) is 2. The lowest BCUT2D eigenvalue weighted by Crippen LogP contribution is -2.07. The fraction of sp³-hybridized carbons (Fsp3) is 0.467. The number of esters is 2. The van der Waals surface area contributed by atoms with E-state index in [9.17, 15) is 9.59 Å². The molecule has 0 radical (unpaired) electrons. The highest BCUT2D eigenvalue weighted by Gasteiger charge is 2.04. The third kappa shape index (κ3) is 7.24. The van der Waals surface area contributed by atoms with E-state index in [4.69, 9.17) is 4.74 Å². The van der Waals surface area contributed by atoms with E-state index in [0.717, 1.165) is 25.7 Å². The van der Waals surface area contributed by atoms with Gasteiger partial charge in [-0.3, -0.25) is 9.59 Å². The average molecular weight is 264 g/mol. The fourth-order valence-corrected chi connectivity index (χ4v) is 1.67. The molecule has 0 aliphatic rings. The van der Waals surface area contributed by atoms with Gasteiger partial charge in [0.05, 0.1) is 7.11 Å². The molecule has 0 aromatic heterocycles. The van der Waals surface area contributed by atoms with Crippen LogP contribution in [0.1, 0.15) is 38.5 Å². The Kier molecular flexibility index (Phi) is 7.32. The molecule has 0 saturated heterocycles. The number of hydrogen-bond donors (Lipinski definition) is 0. The van der Waals surface area contributed by atoms with Crippen LogP contribution in [-0.4, -0.2) is 19.0 Å². The number of methoxy groups -OCH3 is 1. The van der Waals surface area contributed by atoms with E-state index in [2.05, 4.69) is 4.74 Å². The van der Waals surface area contributed by atoms with Crippen LogP contribution in [0.15, 0.2) is 30.3 Å². The Hall–Kier alpha value is -1.84. The highest BCUT2D eigenvalue weighted by atomic mass is 16.5. The van der Waals surface area contributed by atoms with Crippen LogP contribution < -0.4 is 4.74 Å². The van der Waals surface area contributed by atoms with Gasteiger partial charge in [-0.05, 0) is 25.0 Å². The van der Waals surface area contributed by atoms with Gasteiger partial charge in [-0.1, -0.05) is 31.0 Å². The second kappa shape index (κ2) is 9.14. The van der Waals surface area contributed by atoms with Crippen molar-refractivity contribution in [2.24, 2.45) is 0 Å². The Morgan fingerprint density at radius 1 is 0.895 bits per heavy atom. The van der Waals surface area contributed by atoms with Crippen molar-refractivity contribution < 1.29 is 19.1 Å². The van der Waals surface area contributed by atoms with Crippen LogP contribution in [0.25, 0.3) is 0 Å². The number of benzene rings is 1. The molecule has 0 heterocycles. The zero-order valence-electron chi connectivity index (χ0n) is 11.3. The lowest BCUT2D eigenvalue weighted by molar-refractivity contribution is -0.140. The molecule has 0 saturated carbocycles. The normalized spacial score (nSPS) is 9.95. The van der Waals surface area contributed by atoms with E-state index in [0.29, 0.717) is 18.6 Å². The molecule has 4 nitrogen and oxygen atoms in total. The van der Waals surface area contributed by atoms with Crippen molar-refractivity contribution in [3.8, 4) is 5.75 Å². The number of para-hydroxylation sites is 1. The van der Waals surface area contributed by atoms with Gasteiger partial charge in [-0.15, -0.1) is 0 Å². The highest BCUT2D eigenvalue weighted by Crippen LogP contribution is 2.11. The SMILES string of the molecule is COC(=O)CCCCCCC(=O)Oc1ccccc1. The number of carbonyl (C=O) groups is 2. The molecule has 0 atom stereocenters. The van der Waals surface area contributed by atoms with Crippen LogP contribution >= 0.6 is 0 Å². The summed E-state index contributed by atoms with van der Waals surface area (Å²) >= 11 is 0. The fourth-order valence-electron chi connectivity index (χ4n) is 1.67. The Balaban J connectivity index is 2.03. The van der Waals surface area contributed by atoms with Crippen molar-refractivity contribution in [3.63, 3.8) is 0 Å². The first-order valence-corrected chi connectivity index (χ1v) is 6.55. The standard InChI is InChI=1S/C15H20O4/c1-18-14(16)11-7-2-3-8-12-15(17)19-13-9-5-4-6-10-13/h4-6,9-10H,2-3,7-8,11-12H2,1H3. The summed E-state index contributed by atoms with van der Waals surface area (Å²) < 4.78 is 9.71. The van der Waals surface area contributed by atoms with E-state index in [1.165, 1.54) is 7.11 Å². The van der Waals surface area contributed by atoms with E-state index >= 15 is 0 Å². The quantitative estimate of drug-likeness (QED) is 0.411. The van der Waals surface area contributed by atoms with Crippen LogP contribution in [0.4, 0.5) is 0 Å². The summed E-state index contributed by atoms with van der Waals surface area (Å²) in [5, 5.41) is 0. The topological polar surface area (TPSA) is 52.6 Å². The summed E-state index contributed by atoms with van der Waals surface area (Å²) in [6.45, 7) is 0. The van der Waals surface area contributed by atoms with Gasteiger partial charge in [0.2, 0.25) is 0 Å². The molecule has 104 valence electrons. The Labute approximate surface area is 113 Å². The van der Waals surface area contributed by atoms with Gasteiger partial charge in [-0.25, -0.2) is 0 Å². The summed E-state index contributed by atoms with van der Waals surface area (Å²) in [6, 6.07) is 9.05. The maximum Gasteiger partial charge on any atom is 0.311 e.